The maximum absolute atomic E-state index is 11.9. The second kappa shape index (κ2) is 5.93. The van der Waals surface area contributed by atoms with Crippen LogP contribution in [0.3, 0.4) is 0 Å². The van der Waals surface area contributed by atoms with Gasteiger partial charge >= 0.3 is 5.51 Å². The van der Waals surface area contributed by atoms with Gasteiger partial charge in [0.25, 0.3) is 0 Å². The van der Waals surface area contributed by atoms with Gasteiger partial charge in [-0.15, -0.1) is 0 Å². The first-order valence-electron chi connectivity index (χ1n) is 4.75. The van der Waals surface area contributed by atoms with Crippen LogP contribution < -0.4 is 5.73 Å². The van der Waals surface area contributed by atoms with Crippen molar-refractivity contribution < 1.29 is 17.9 Å². The summed E-state index contributed by atoms with van der Waals surface area (Å²) >= 11 is 0.0164. The zero-order valence-electron chi connectivity index (χ0n) is 8.29. The minimum atomic E-state index is -4.13. The molecular formula is C8H15F3N2OS. The molecule has 0 aromatic heterocycles. The van der Waals surface area contributed by atoms with Crippen molar-refractivity contribution in [2.24, 2.45) is 5.73 Å². The van der Waals surface area contributed by atoms with E-state index in [-0.39, 0.29) is 23.6 Å². The number of rotatable bonds is 4. The maximum atomic E-state index is 11.9. The van der Waals surface area contributed by atoms with Gasteiger partial charge in [0, 0.05) is 31.4 Å². The molecule has 7 heteroatoms. The summed E-state index contributed by atoms with van der Waals surface area (Å²) in [7, 11) is 0. The number of alkyl halides is 3. The van der Waals surface area contributed by atoms with Crippen molar-refractivity contribution in [3.63, 3.8) is 0 Å². The Bertz CT molecular complexity index is 191. The molecule has 1 fully saturated rings. The summed E-state index contributed by atoms with van der Waals surface area (Å²) in [5.41, 5.74) is 1.37. The topological polar surface area (TPSA) is 38.5 Å². The lowest BCUT2D eigenvalue weighted by Crippen LogP contribution is -2.50. The van der Waals surface area contributed by atoms with Gasteiger partial charge < -0.3 is 10.5 Å². The van der Waals surface area contributed by atoms with Gasteiger partial charge in [0.15, 0.2) is 0 Å². The van der Waals surface area contributed by atoms with E-state index >= 15 is 0 Å². The molecule has 1 unspecified atom stereocenters. The Morgan fingerprint density at radius 1 is 1.47 bits per heavy atom. The molecule has 1 saturated heterocycles. The molecule has 0 aromatic rings. The van der Waals surface area contributed by atoms with E-state index in [1.807, 2.05) is 4.90 Å². The zero-order valence-corrected chi connectivity index (χ0v) is 9.11. The molecule has 0 aliphatic carbocycles. The van der Waals surface area contributed by atoms with Gasteiger partial charge in [-0.2, -0.15) is 13.2 Å². The minimum absolute atomic E-state index is 0.0164. The molecule has 2 N–H and O–H groups in total. The van der Waals surface area contributed by atoms with Crippen LogP contribution in [-0.4, -0.2) is 55.1 Å². The monoisotopic (exact) mass is 244 g/mol. The van der Waals surface area contributed by atoms with Crippen LogP contribution in [-0.2, 0) is 4.74 Å². The summed E-state index contributed by atoms with van der Waals surface area (Å²) in [4.78, 5) is 1.96. The van der Waals surface area contributed by atoms with Crippen molar-refractivity contribution >= 4 is 11.8 Å². The molecule has 1 atom stereocenters. The van der Waals surface area contributed by atoms with Crippen molar-refractivity contribution in [1.29, 1.82) is 0 Å². The Kier molecular flexibility index (Phi) is 5.17. The lowest BCUT2D eigenvalue weighted by atomic mass is 10.2. The third-order valence-corrected chi connectivity index (χ3v) is 2.98. The van der Waals surface area contributed by atoms with E-state index in [0.717, 1.165) is 0 Å². The molecule has 1 heterocycles. The molecule has 0 spiro atoms. The Balaban J connectivity index is 2.23. The first-order chi connectivity index (χ1) is 7.03. The van der Waals surface area contributed by atoms with E-state index in [2.05, 4.69) is 0 Å². The molecule has 0 saturated carbocycles. The minimum Gasteiger partial charge on any atom is -0.378 e. The summed E-state index contributed by atoms with van der Waals surface area (Å²) in [5, 5.41) is 0. The summed E-state index contributed by atoms with van der Waals surface area (Å²) in [5.74, 6) is 0.0556. The van der Waals surface area contributed by atoms with Crippen LogP contribution in [0.5, 0.6) is 0 Å². The number of thioether (sulfide) groups is 1. The van der Waals surface area contributed by atoms with Gasteiger partial charge in [0.1, 0.15) is 0 Å². The highest BCUT2D eigenvalue weighted by Gasteiger charge is 2.29. The Morgan fingerprint density at radius 2 is 2.20 bits per heavy atom. The standard InChI is InChI=1S/C8H15F3N2OS/c9-8(10,11)15-4-2-13-1-3-14-6-7(13)5-12/h7H,1-6,12H2. The van der Waals surface area contributed by atoms with Crippen molar-refractivity contribution in [1.82, 2.24) is 4.90 Å². The number of ether oxygens (including phenoxy) is 1. The second-order valence-corrected chi connectivity index (χ2v) is 4.45. The number of nitrogens with two attached hydrogens (primary N) is 1. The number of halogens is 3. The van der Waals surface area contributed by atoms with Gasteiger partial charge in [-0.05, 0) is 11.8 Å². The van der Waals surface area contributed by atoms with Gasteiger partial charge in [-0.1, -0.05) is 0 Å². The van der Waals surface area contributed by atoms with Crippen LogP contribution in [0.2, 0.25) is 0 Å². The third-order valence-electron chi connectivity index (χ3n) is 2.27. The van der Waals surface area contributed by atoms with Crippen LogP contribution in [0.1, 0.15) is 0 Å². The van der Waals surface area contributed by atoms with Crippen LogP contribution in [0, 0.1) is 0 Å². The number of morpholine rings is 1. The smallest absolute Gasteiger partial charge is 0.378 e. The fourth-order valence-electron chi connectivity index (χ4n) is 1.48. The van der Waals surface area contributed by atoms with E-state index in [0.29, 0.717) is 32.8 Å². The van der Waals surface area contributed by atoms with Crippen molar-refractivity contribution in [3.05, 3.63) is 0 Å². The first-order valence-corrected chi connectivity index (χ1v) is 5.74. The van der Waals surface area contributed by atoms with E-state index in [4.69, 9.17) is 10.5 Å². The van der Waals surface area contributed by atoms with Crippen molar-refractivity contribution in [2.75, 3.05) is 38.6 Å². The van der Waals surface area contributed by atoms with E-state index in [9.17, 15) is 13.2 Å². The fourth-order valence-corrected chi connectivity index (χ4v) is 2.04. The van der Waals surface area contributed by atoms with Gasteiger partial charge in [-0.3, -0.25) is 4.90 Å². The van der Waals surface area contributed by atoms with Crippen LogP contribution in [0.15, 0.2) is 0 Å². The highest BCUT2D eigenvalue weighted by atomic mass is 32.2. The molecule has 15 heavy (non-hydrogen) atoms. The molecule has 1 aliphatic rings. The molecule has 3 nitrogen and oxygen atoms in total. The van der Waals surface area contributed by atoms with Crippen LogP contribution >= 0.6 is 11.8 Å². The maximum Gasteiger partial charge on any atom is 0.441 e. The van der Waals surface area contributed by atoms with Crippen LogP contribution in [0.4, 0.5) is 13.2 Å². The highest BCUT2D eigenvalue weighted by molar-refractivity contribution is 8.00. The predicted molar refractivity (Wildman–Crippen MR) is 53.7 cm³/mol. The van der Waals surface area contributed by atoms with E-state index in [1.54, 1.807) is 0 Å². The van der Waals surface area contributed by atoms with E-state index < -0.39 is 5.51 Å². The molecule has 0 radical (unpaired) electrons. The van der Waals surface area contributed by atoms with E-state index in [1.165, 1.54) is 0 Å². The van der Waals surface area contributed by atoms with Gasteiger partial charge in [-0.25, -0.2) is 0 Å². The average Bonchev–Trinajstić information content (AvgIpc) is 2.16. The average molecular weight is 244 g/mol. The number of hydrogen-bond acceptors (Lipinski definition) is 4. The Labute approximate surface area is 91.1 Å². The lowest BCUT2D eigenvalue weighted by molar-refractivity contribution is -0.0334. The molecular weight excluding hydrogens is 229 g/mol. The third kappa shape index (κ3) is 5.05. The van der Waals surface area contributed by atoms with Crippen molar-refractivity contribution in [2.45, 2.75) is 11.6 Å². The molecule has 0 amide bonds. The summed E-state index contributed by atoms with van der Waals surface area (Å²) in [6.07, 6.45) is 0. The zero-order chi connectivity index (χ0) is 11.3. The second-order valence-electron chi connectivity index (χ2n) is 3.29. The fraction of sp³-hybridized carbons (Fsp3) is 1.00. The number of nitrogens with zero attached hydrogens (tertiary/aromatic N) is 1. The molecule has 0 bridgehead atoms. The molecule has 0 aromatic carbocycles. The summed E-state index contributed by atoms with van der Waals surface area (Å²) in [6.45, 7) is 2.60. The molecule has 1 aliphatic heterocycles. The van der Waals surface area contributed by atoms with Gasteiger partial charge in [0.2, 0.25) is 0 Å². The summed E-state index contributed by atoms with van der Waals surface area (Å²) in [6, 6.07) is 0.0626. The largest absolute Gasteiger partial charge is 0.441 e. The normalized spacial score (nSPS) is 24.4. The summed E-state index contributed by atoms with van der Waals surface area (Å²) < 4.78 is 40.9. The highest BCUT2D eigenvalue weighted by Crippen LogP contribution is 2.29. The quantitative estimate of drug-likeness (QED) is 0.797. The van der Waals surface area contributed by atoms with Crippen molar-refractivity contribution in [3.8, 4) is 0 Å². The van der Waals surface area contributed by atoms with Gasteiger partial charge in [0.05, 0.1) is 13.2 Å². The number of hydrogen-bond donors (Lipinski definition) is 1. The Morgan fingerprint density at radius 3 is 2.80 bits per heavy atom. The SMILES string of the molecule is NCC1COCCN1CCSC(F)(F)F. The molecule has 1 rings (SSSR count). The van der Waals surface area contributed by atoms with Crippen LogP contribution in [0.25, 0.3) is 0 Å². The Hall–Kier alpha value is 0.0200. The molecule has 90 valence electrons. The lowest BCUT2D eigenvalue weighted by Gasteiger charge is -2.34. The first kappa shape index (κ1) is 13.1. The predicted octanol–water partition coefficient (Wildman–Crippen LogP) is 0.899.